The summed E-state index contributed by atoms with van der Waals surface area (Å²) in [6, 6.07) is 4.25. The van der Waals surface area contributed by atoms with Gasteiger partial charge in [-0.3, -0.25) is 0 Å². The van der Waals surface area contributed by atoms with Gasteiger partial charge >= 0.3 is 0 Å². The molecule has 0 bridgehead atoms. The average molecular weight is 333 g/mol. The summed E-state index contributed by atoms with van der Waals surface area (Å²) in [6.45, 7) is 2.14. The van der Waals surface area contributed by atoms with Gasteiger partial charge in [-0.1, -0.05) is 28.0 Å². The smallest absolute Gasteiger partial charge is 0.181 e. The number of alkyl halides is 1. The first kappa shape index (κ1) is 11.1. The molecule has 4 heteroatoms. The fourth-order valence-corrected chi connectivity index (χ4v) is 2.54. The van der Waals surface area contributed by atoms with Crippen LogP contribution in [0.3, 0.4) is 0 Å². The Hall–Kier alpha value is -0.350. The van der Waals surface area contributed by atoms with Crippen molar-refractivity contribution in [2.24, 2.45) is 0 Å². The van der Waals surface area contributed by atoms with Gasteiger partial charge in [0.25, 0.3) is 0 Å². The number of halogens is 2. The van der Waals surface area contributed by atoms with E-state index in [1.54, 1.807) is 0 Å². The number of benzene rings is 1. The van der Waals surface area contributed by atoms with E-state index >= 15 is 0 Å². The van der Waals surface area contributed by atoms with E-state index in [2.05, 4.69) is 56.1 Å². The van der Waals surface area contributed by atoms with E-state index in [9.17, 15) is 0 Å². The van der Waals surface area contributed by atoms with Crippen molar-refractivity contribution < 1.29 is 4.52 Å². The Morgan fingerprint density at radius 3 is 2.87 bits per heavy atom. The lowest BCUT2D eigenvalue weighted by molar-refractivity contribution is 0.446. The van der Waals surface area contributed by atoms with Crippen molar-refractivity contribution in [3.8, 4) is 0 Å². The third-order valence-electron chi connectivity index (χ3n) is 2.40. The second kappa shape index (κ2) is 4.66. The molecule has 1 heterocycles. The molecule has 0 aliphatic rings. The second-order valence-electron chi connectivity index (χ2n) is 3.38. The Morgan fingerprint density at radius 2 is 2.20 bits per heavy atom. The molecule has 0 saturated heterocycles. The second-order valence-corrected chi connectivity index (χ2v) is 5.02. The Balaban J connectivity index is 2.61. The molecule has 0 spiro atoms. The summed E-state index contributed by atoms with van der Waals surface area (Å²) in [4.78, 5) is 0. The quantitative estimate of drug-likeness (QED) is 0.791. The molecule has 0 fully saturated rings. The monoisotopic (exact) mass is 331 g/mol. The van der Waals surface area contributed by atoms with Crippen LogP contribution in [-0.2, 0) is 12.8 Å². The van der Waals surface area contributed by atoms with Gasteiger partial charge in [-0.2, -0.15) is 0 Å². The lowest BCUT2D eigenvalue weighted by Crippen LogP contribution is -1.87. The number of fused-ring (bicyclic) bond motifs is 1. The minimum atomic E-state index is 0.850. The molecule has 1 aromatic carbocycles. The number of rotatable bonds is 3. The Kier molecular flexibility index (Phi) is 3.46. The molecule has 0 radical (unpaired) electrons. The van der Waals surface area contributed by atoms with Crippen molar-refractivity contribution in [2.45, 2.75) is 19.8 Å². The largest absolute Gasteiger partial charge is 0.355 e. The number of aromatic nitrogens is 1. The molecule has 1 aromatic heterocycles. The van der Waals surface area contributed by atoms with Crippen LogP contribution in [0.1, 0.15) is 18.2 Å². The minimum absolute atomic E-state index is 0.850. The van der Waals surface area contributed by atoms with Gasteiger partial charge < -0.3 is 4.52 Å². The Bertz CT molecular complexity index is 479. The van der Waals surface area contributed by atoms with E-state index in [0.717, 1.165) is 39.3 Å². The molecule has 0 aliphatic carbocycles. The normalized spacial score (nSPS) is 11.1. The summed E-state index contributed by atoms with van der Waals surface area (Å²) >= 11 is 6.92. The first-order valence-corrected chi connectivity index (χ1v) is 6.80. The van der Waals surface area contributed by atoms with Crippen LogP contribution in [-0.4, -0.2) is 10.5 Å². The number of aryl methyl sites for hydroxylation is 2. The van der Waals surface area contributed by atoms with Gasteiger partial charge in [0.05, 0.1) is 10.2 Å². The van der Waals surface area contributed by atoms with Crippen molar-refractivity contribution in [1.29, 1.82) is 0 Å². The van der Waals surface area contributed by atoms with Gasteiger partial charge in [-0.05, 0) is 40.0 Å². The summed E-state index contributed by atoms with van der Waals surface area (Å²) in [5, 5.41) is 6.12. The predicted octanol–water partition coefficient (Wildman–Crippen LogP) is 4.09. The maximum absolute atomic E-state index is 5.31. The predicted molar refractivity (Wildman–Crippen MR) is 68.6 cm³/mol. The van der Waals surface area contributed by atoms with Crippen LogP contribution < -0.4 is 0 Å². The molecule has 2 rings (SSSR count). The van der Waals surface area contributed by atoms with Gasteiger partial charge in [0.15, 0.2) is 5.58 Å². The lowest BCUT2D eigenvalue weighted by Gasteiger charge is -1.99. The zero-order valence-corrected chi connectivity index (χ0v) is 11.6. The highest BCUT2D eigenvalue weighted by molar-refractivity contribution is 9.10. The molecular formula is C11H11Br2NO. The zero-order valence-electron chi connectivity index (χ0n) is 8.39. The molecule has 0 saturated carbocycles. The third kappa shape index (κ3) is 2.11. The average Bonchev–Trinajstić information content (AvgIpc) is 2.63. The van der Waals surface area contributed by atoms with Gasteiger partial charge in [-0.15, -0.1) is 0 Å². The summed E-state index contributed by atoms with van der Waals surface area (Å²) in [5.74, 6) is 0. The van der Waals surface area contributed by atoms with Crippen LogP contribution in [0.4, 0.5) is 0 Å². The molecular weight excluding hydrogens is 322 g/mol. The maximum Gasteiger partial charge on any atom is 0.181 e. The highest BCUT2D eigenvalue weighted by atomic mass is 79.9. The van der Waals surface area contributed by atoms with Gasteiger partial charge in [0.1, 0.15) is 0 Å². The Morgan fingerprint density at radius 1 is 1.40 bits per heavy atom. The van der Waals surface area contributed by atoms with Gasteiger partial charge in [0.2, 0.25) is 0 Å². The van der Waals surface area contributed by atoms with Crippen molar-refractivity contribution >= 4 is 42.8 Å². The van der Waals surface area contributed by atoms with Crippen molar-refractivity contribution in [2.75, 3.05) is 5.33 Å². The fourth-order valence-electron chi connectivity index (χ4n) is 1.58. The van der Waals surface area contributed by atoms with Crippen LogP contribution in [0.2, 0.25) is 0 Å². The van der Waals surface area contributed by atoms with Gasteiger partial charge in [0, 0.05) is 17.1 Å². The molecule has 0 unspecified atom stereocenters. The van der Waals surface area contributed by atoms with E-state index in [-0.39, 0.29) is 0 Å². The van der Waals surface area contributed by atoms with Crippen molar-refractivity contribution in [1.82, 2.24) is 5.16 Å². The molecule has 80 valence electrons. The van der Waals surface area contributed by atoms with E-state index < -0.39 is 0 Å². The maximum atomic E-state index is 5.31. The molecule has 0 N–H and O–H groups in total. The van der Waals surface area contributed by atoms with Crippen LogP contribution in [0.25, 0.3) is 11.0 Å². The molecule has 2 aromatic rings. The summed E-state index contributed by atoms with van der Waals surface area (Å²) in [7, 11) is 0. The molecule has 0 amide bonds. The standard InChI is InChI=1S/C11H11Br2NO/c1-2-7-5-8-10(3-4-12)14-15-11(8)9(13)6-7/h5-6H,2-4H2,1H3. The summed E-state index contributed by atoms with van der Waals surface area (Å²) < 4.78 is 6.31. The molecule has 0 atom stereocenters. The Labute approximate surface area is 105 Å². The van der Waals surface area contributed by atoms with Crippen LogP contribution in [0, 0.1) is 0 Å². The highest BCUT2D eigenvalue weighted by Crippen LogP contribution is 2.28. The van der Waals surface area contributed by atoms with Crippen LogP contribution in [0.15, 0.2) is 21.1 Å². The van der Waals surface area contributed by atoms with Crippen molar-refractivity contribution in [3.05, 3.63) is 27.9 Å². The van der Waals surface area contributed by atoms with Crippen LogP contribution >= 0.6 is 31.9 Å². The lowest BCUT2D eigenvalue weighted by atomic mass is 10.1. The first-order chi connectivity index (χ1) is 7.26. The highest BCUT2D eigenvalue weighted by Gasteiger charge is 2.11. The molecule has 15 heavy (non-hydrogen) atoms. The summed E-state index contributed by atoms with van der Waals surface area (Å²) in [6.07, 6.45) is 1.92. The molecule has 0 aliphatic heterocycles. The van der Waals surface area contributed by atoms with Crippen molar-refractivity contribution in [3.63, 3.8) is 0 Å². The van der Waals surface area contributed by atoms with E-state index in [4.69, 9.17) is 4.52 Å². The number of hydrogen-bond acceptors (Lipinski definition) is 2. The van der Waals surface area contributed by atoms with Gasteiger partial charge in [-0.25, -0.2) is 0 Å². The van der Waals surface area contributed by atoms with E-state index in [0.29, 0.717) is 0 Å². The fraction of sp³-hybridized carbons (Fsp3) is 0.364. The number of hydrogen-bond donors (Lipinski definition) is 0. The van der Waals surface area contributed by atoms with E-state index in [1.807, 2.05) is 0 Å². The minimum Gasteiger partial charge on any atom is -0.355 e. The summed E-state index contributed by atoms with van der Waals surface area (Å²) in [5.41, 5.74) is 3.18. The molecule has 2 nitrogen and oxygen atoms in total. The topological polar surface area (TPSA) is 26.0 Å². The first-order valence-electron chi connectivity index (χ1n) is 4.89. The SMILES string of the molecule is CCc1cc(Br)c2onc(CCBr)c2c1. The number of nitrogens with zero attached hydrogens (tertiary/aromatic N) is 1. The van der Waals surface area contributed by atoms with Crippen LogP contribution in [0.5, 0.6) is 0 Å². The van der Waals surface area contributed by atoms with E-state index in [1.165, 1.54) is 5.56 Å². The zero-order chi connectivity index (χ0) is 10.8. The third-order valence-corrected chi connectivity index (χ3v) is 3.39.